The van der Waals surface area contributed by atoms with Gasteiger partial charge in [0.1, 0.15) is 6.33 Å². The standard InChI is InChI=1S/C18H18N8O2S/c1-12-3-4-13-14(9-12)29-18(23-13)24-17-15(26(27)28)16(21-10-22-17)20-5-2-7-25-8-6-19-11-25/h3-4,6,8-11H,2,5,7H2,1H3,(H2,20,21,22,23,24). The van der Waals surface area contributed by atoms with E-state index in [9.17, 15) is 10.1 Å². The molecular weight excluding hydrogens is 392 g/mol. The fourth-order valence-corrected chi connectivity index (χ4v) is 3.81. The molecule has 0 radical (unpaired) electrons. The molecule has 11 heteroatoms. The van der Waals surface area contributed by atoms with Crippen molar-refractivity contribution in [2.45, 2.75) is 19.9 Å². The molecule has 0 aliphatic heterocycles. The van der Waals surface area contributed by atoms with Gasteiger partial charge >= 0.3 is 5.69 Å². The molecule has 0 saturated heterocycles. The molecular formula is C18H18N8O2S. The molecule has 3 heterocycles. The van der Waals surface area contributed by atoms with Crippen molar-refractivity contribution in [2.24, 2.45) is 0 Å². The van der Waals surface area contributed by atoms with E-state index < -0.39 is 4.92 Å². The van der Waals surface area contributed by atoms with Crippen LogP contribution < -0.4 is 10.6 Å². The highest BCUT2D eigenvalue weighted by Crippen LogP contribution is 2.34. The molecule has 0 saturated carbocycles. The van der Waals surface area contributed by atoms with Crippen LogP contribution in [0.4, 0.5) is 22.5 Å². The van der Waals surface area contributed by atoms with Gasteiger partial charge < -0.3 is 15.2 Å². The van der Waals surface area contributed by atoms with Gasteiger partial charge in [-0.1, -0.05) is 17.4 Å². The van der Waals surface area contributed by atoms with Crippen LogP contribution in [0.2, 0.25) is 0 Å². The Kier molecular flexibility index (Phi) is 5.29. The van der Waals surface area contributed by atoms with Gasteiger partial charge in [-0.2, -0.15) is 0 Å². The third-order valence-electron chi connectivity index (χ3n) is 4.22. The number of nitro groups is 1. The fourth-order valence-electron chi connectivity index (χ4n) is 2.85. The van der Waals surface area contributed by atoms with Gasteiger partial charge in [-0.3, -0.25) is 10.1 Å². The predicted molar refractivity (Wildman–Crippen MR) is 112 cm³/mol. The Balaban J connectivity index is 1.51. The first kappa shape index (κ1) is 18.7. The summed E-state index contributed by atoms with van der Waals surface area (Å²) in [5.41, 5.74) is 1.76. The fraction of sp³-hybridized carbons (Fsp3) is 0.222. The number of hydrogen-bond acceptors (Lipinski definition) is 9. The Morgan fingerprint density at radius 2 is 2.14 bits per heavy atom. The van der Waals surface area contributed by atoms with E-state index in [1.807, 2.05) is 35.9 Å². The first-order chi connectivity index (χ1) is 14.1. The summed E-state index contributed by atoms with van der Waals surface area (Å²) in [5, 5.41) is 18.2. The molecule has 4 aromatic rings. The maximum Gasteiger partial charge on any atom is 0.353 e. The number of anilines is 3. The first-order valence-electron chi connectivity index (χ1n) is 8.93. The highest BCUT2D eigenvalue weighted by molar-refractivity contribution is 7.22. The van der Waals surface area contributed by atoms with Gasteiger partial charge in [0, 0.05) is 25.5 Å². The quantitative estimate of drug-likeness (QED) is 0.256. The van der Waals surface area contributed by atoms with E-state index in [4.69, 9.17) is 0 Å². The Bertz CT molecular complexity index is 1140. The summed E-state index contributed by atoms with van der Waals surface area (Å²) in [7, 11) is 0. The second-order valence-corrected chi connectivity index (χ2v) is 7.40. The summed E-state index contributed by atoms with van der Waals surface area (Å²) in [6.07, 6.45) is 7.37. The van der Waals surface area contributed by atoms with Gasteiger partial charge in [0.25, 0.3) is 0 Å². The van der Waals surface area contributed by atoms with E-state index in [1.54, 1.807) is 12.5 Å². The van der Waals surface area contributed by atoms with Crippen molar-refractivity contribution in [1.29, 1.82) is 0 Å². The number of fused-ring (bicyclic) bond motifs is 1. The van der Waals surface area contributed by atoms with Crippen LogP contribution in [-0.4, -0.2) is 36.0 Å². The molecule has 0 spiro atoms. The van der Waals surface area contributed by atoms with Gasteiger partial charge in [0.15, 0.2) is 5.13 Å². The van der Waals surface area contributed by atoms with E-state index in [1.165, 1.54) is 17.7 Å². The monoisotopic (exact) mass is 410 g/mol. The smallest absolute Gasteiger partial charge is 0.353 e. The molecule has 0 aliphatic rings. The Morgan fingerprint density at radius 3 is 2.93 bits per heavy atom. The Morgan fingerprint density at radius 1 is 1.28 bits per heavy atom. The molecule has 0 unspecified atom stereocenters. The molecule has 148 valence electrons. The van der Waals surface area contributed by atoms with E-state index in [0.717, 1.165) is 28.7 Å². The minimum atomic E-state index is -0.488. The molecule has 0 amide bonds. The van der Waals surface area contributed by atoms with Crippen molar-refractivity contribution in [1.82, 2.24) is 24.5 Å². The van der Waals surface area contributed by atoms with Crippen LogP contribution in [0, 0.1) is 17.0 Å². The number of aryl methyl sites for hydroxylation is 2. The van der Waals surface area contributed by atoms with Crippen LogP contribution in [0.3, 0.4) is 0 Å². The van der Waals surface area contributed by atoms with Crippen molar-refractivity contribution in [3.63, 3.8) is 0 Å². The lowest BCUT2D eigenvalue weighted by Gasteiger charge is -2.09. The topological polar surface area (TPSA) is 124 Å². The van der Waals surface area contributed by atoms with Gasteiger partial charge in [0.05, 0.1) is 21.5 Å². The highest BCUT2D eigenvalue weighted by atomic mass is 32.1. The normalized spacial score (nSPS) is 10.9. The summed E-state index contributed by atoms with van der Waals surface area (Å²) in [5.74, 6) is 0.285. The summed E-state index contributed by atoms with van der Waals surface area (Å²) in [4.78, 5) is 27.8. The molecule has 0 bridgehead atoms. The zero-order valence-electron chi connectivity index (χ0n) is 15.6. The third kappa shape index (κ3) is 4.29. The average molecular weight is 410 g/mol. The van der Waals surface area contributed by atoms with Crippen molar-refractivity contribution >= 4 is 44.0 Å². The second-order valence-electron chi connectivity index (χ2n) is 6.37. The number of imidazole rings is 1. The number of thiazole rings is 1. The highest BCUT2D eigenvalue weighted by Gasteiger charge is 2.23. The summed E-state index contributed by atoms with van der Waals surface area (Å²) >= 11 is 1.42. The maximum atomic E-state index is 11.7. The summed E-state index contributed by atoms with van der Waals surface area (Å²) < 4.78 is 2.94. The van der Waals surface area contributed by atoms with E-state index >= 15 is 0 Å². The number of aromatic nitrogens is 5. The summed E-state index contributed by atoms with van der Waals surface area (Å²) in [6, 6.07) is 5.93. The Labute approximate surface area is 169 Å². The van der Waals surface area contributed by atoms with Gasteiger partial charge in [-0.25, -0.2) is 19.9 Å². The second kappa shape index (κ2) is 8.19. The number of nitrogens with zero attached hydrogens (tertiary/aromatic N) is 6. The van der Waals surface area contributed by atoms with Crippen LogP contribution in [-0.2, 0) is 6.54 Å². The zero-order valence-corrected chi connectivity index (χ0v) is 16.4. The lowest BCUT2D eigenvalue weighted by Crippen LogP contribution is -2.10. The van der Waals surface area contributed by atoms with Crippen LogP contribution in [0.25, 0.3) is 10.2 Å². The molecule has 29 heavy (non-hydrogen) atoms. The van der Waals surface area contributed by atoms with Gasteiger partial charge in [-0.05, 0) is 31.0 Å². The number of rotatable bonds is 8. The zero-order chi connectivity index (χ0) is 20.2. The first-order valence-corrected chi connectivity index (χ1v) is 9.75. The molecule has 10 nitrogen and oxygen atoms in total. The van der Waals surface area contributed by atoms with E-state index in [-0.39, 0.29) is 17.3 Å². The predicted octanol–water partition coefficient (Wildman–Crippen LogP) is 3.75. The molecule has 0 atom stereocenters. The largest absolute Gasteiger partial charge is 0.364 e. The molecule has 4 rings (SSSR count). The number of hydrogen-bond donors (Lipinski definition) is 2. The van der Waals surface area contributed by atoms with Crippen LogP contribution in [0.1, 0.15) is 12.0 Å². The van der Waals surface area contributed by atoms with Gasteiger partial charge in [0.2, 0.25) is 11.6 Å². The van der Waals surface area contributed by atoms with Crippen molar-refractivity contribution in [3.05, 3.63) is 58.9 Å². The third-order valence-corrected chi connectivity index (χ3v) is 5.15. The van der Waals surface area contributed by atoms with Gasteiger partial charge in [-0.15, -0.1) is 0 Å². The maximum absolute atomic E-state index is 11.7. The minimum Gasteiger partial charge on any atom is -0.364 e. The lowest BCUT2D eigenvalue weighted by molar-refractivity contribution is -0.383. The summed E-state index contributed by atoms with van der Waals surface area (Å²) in [6.45, 7) is 3.28. The molecule has 2 N–H and O–H groups in total. The van der Waals surface area contributed by atoms with E-state index in [2.05, 4.69) is 30.6 Å². The molecule has 3 aromatic heterocycles. The number of nitrogens with one attached hydrogen (secondary N) is 2. The van der Waals surface area contributed by atoms with Crippen molar-refractivity contribution in [2.75, 3.05) is 17.2 Å². The average Bonchev–Trinajstić information content (AvgIpc) is 3.34. The van der Waals surface area contributed by atoms with Crippen LogP contribution >= 0.6 is 11.3 Å². The molecule has 0 aliphatic carbocycles. The SMILES string of the molecule is Cc1ccc2nc(Nc3ncnc(NCCCn4ccnc4)c3[N+](=O)[O-])sc2c1. The van der Waals surface area contributed by atoms with Crippen LogP contribution in [0.5, 0.6) is 0 Å². The molecule has 0 fully saturated rings. The van der Waals surface area contributed by atoms with Crippen molar-refractivity contribution in [3.8, 4) is 0 Å². The van der Waals surface area contributed by atoms with Crippen molar-refractivity contribution < 1.29 is 4.92 Å². The Hall–Kier alpha value is -3.60. The van der Waals surface area contributed by atoms with Crippen LogP contribution in [0.15, 0.2) is 43.2 Å². The molecule has 1 aromatic carbocycles. The minimum absolute atomic E-state index is 0.109. The lowest BCUT2D eigenvalue weighted by atomic mass is 10.2. The number of benzene rings is 1. The van der Waals surface area contributed by atoms with E-state index in [0.29, 0.717) is 11.7 Å².